The molecule has 4 rings (SSSR count). The molecule has 0 bridgehead atoms. The molecule has 2 aromatic carbocycles. The number of nitrogens with zero attached hydrogens (tertiary/aromatic N) is 1. The summed E-state index contributed by atoms with van der Waals surface area (Å²) in [4.78, 5) is 28.0. The Bertz CT molecular complexity index is 1200. The molecule has 0 aliphatic carbocycles. The lowest BCUT2D eigenvalue weighted by molar-refractivity contribution is -0.125. The first kappa shape index (κ1) is 20.4. The van der Waals surface area contributed by atoms with Crippen molar-refractivity contribution in [3.8, 4) is 5.75 Å². The molecule has 0 fully saturated rings. The highest BCUT2D eigenvalue weighted by atomic mass is 35.5. The van der Waals surface area contributed by atoms with Gasteiger partial charge in [-0.05, 0) is 42.0 Å². The Kier molecular flexibility index (Phi) is 5.31. The van der Waals surface area contributed by atoms with Gasteiger partial charge in [-0.15, -0.1) is 0 Å². The number of fused-ring (bicyclic) bond motifs is 1. The Morgan fingerprint density at radius 2 is 1.94 bits per heavy atom. The highest BCUT2D eigenvalue weighted by molar-refractivity contribution is 6.32. The van der Waals surface area contributed by atoms with Crippen LogP contribution in [0.3, 0.4) is 0 Å². The third-order valence-electron chi connectivity index (χ3n) is 4.54. The molecule has 1 aromatic heterocycles. The number of aromatic nitrogens is 1. The van der Waals surface area contributed by atoms with Crippen LogP contribution in [0.4, 0.5) is 15.8 Å². The van der Waals surface area contributed by atoms with E-state index < -0.39 is 23.4 Å². The maximum absolute atomic E-state index is 13.9. The first-order valence-electron chi connectivity index (χ1n) is 9.08. The summed E-state index contributed by atoms with van der Waals surface area (Å²) < 4.78 is 19.9. The molecule has 31 heavy (non-hydrogen) atoms. The fourth-order valence-electron chi connectivity index (χ4n) is 3.00. The van der Waals surface area contributed by atoms with E-state index in [9.17, 15) is 14.0 Å². The number of hydrogen-bond acceptors (Lipinski definition) is 5. The molecule has 0 saturated carbocycles. The molecule has 2 heterocycles. The minimum atomic E-state index is -1.77. The summed E-state index contributed by atoms with van der Waals surface area (Å²) in [7, 11) is 0. The zero-order valence-corrected chi connectivity index (χ0v) is 16.6. The largest absolute Gasteiger partial charge is 0.477 e. The van der Waals surface area contributed by atoms with Gasteiger partial charge in [0.05, 0.1) is 11.9 Å². The van der Waals surface area contributed by atoms with Gasteiger partial charge in [-0.3, -0.25) is 4.79 Å². The number of pyridine rings is 1. The lowest BCUT2D eigenvalue weighted by atomic mass is 10.0. The number of aromatic carboxylic acids is 1. The minimum absolute atomic E-state index is 0.0345. The normalized spacial score (nSPS) is 16.7. The van der Waals surface area contributed by atoms with Gasteiger partial charge in [0.25, 0.3) is 11.6 Å². The molecule has 1 atom stereocenters. The maximum atomic E-state index is 13.9. The number of amides is 1. The number of carboxylic acids is 1. The van der Waals surface area contributed by atoms with Gasteiger partial charge in [0.1, 0.15) is 22.3 Å². The van der Waals surface area contributed by atoms with Crippen molar-refractivity contribution in [3.63, 3.8) is 0 Å². The van der Waals surface area contributed by atoms with Gasteiger partial charge in [0.2, 0.25) is 0 Å². The standard InChI is InChI=1S/C22H15ClFN3O4/c23-19-15(24)5-3-7-18(19)31-22(11-10-13-4-1-2-6-16(13)27-22)21(30)26-14-8-9-17(20(28)29)25-12-14/h1-12,27H,(H,26,30)(H,28,29). The van der Waals surface area contributed by atoms with E-state index in [0.717, 1.165) is 5.56 Å². The van der Waals surface area contributed by atoms with Crippen molar-refractivity contribution in [2.45, 2.75) is 5.72 Å². The minimum Gasteiger partial charge on any atom is -0.477 e. The van der Waals surface area contributed by atoms with Crippen LogP contribution in [0.15, 0.2) is 66.9 Å². The molecule has 0 radical (unpaired) electrons. The first-order valence-corrected chi connectivity index (χ1v) is 9.46. The Balaban J connectivity index is 1.69. The molecule has 3 aromatic rings. The number of anilines is 2. The summed E-state index contributed by atoms with van der Waals surface area (Å²) in [6.07, 6.45) is 4.40. The van der Waals surface area contributed by atoms with Gasteiger partial charge < -0.3 is 20.5 Å². The summed E-state index contributed by atoms with van der Waals surface area (Å²) in [6.45, 7) is 0. The second-order valence-corrected chi connectivity index (χ2v) is 7.00. The number of nitrogens with one attached hydrogen (secondary N) is 2. The number of carboxylic acid groups (broad SMARTS) is 1. The van der Waals surface area contributed by atoms with E-state index in [1.807, 2.05) is 12.1 Å². The molecular weight excluding hydrogens is 425 g/mol. The van der Waals surface area contributed by atoms with Crippen molar-refractivity contribution < 1.29 is 23.8 Å². The van der Waals surface area contributed by atoms with E-state index in [0.29, 0.717) is 5.69 Å². The SMILES string of the molecule is O=C(O)c1ccc(NC(=O)C2(Oc3cccc(F)c3Cl)C=Cc3ccccc3N2)cn1. The zero-order chi connectivity index (χ0) is 22.0. The third-order valence-corrected chi connectivity index (χ3v) is 4.91. The number of carbonyl (C=O) groups excluding carboxylic acids is 1. The first-order chi connectivity index (χ1) is 14.9. The molecule has 156 valence electrons. The van der Waals surface area contributed by atoms with Crippen LogP contribution in [0.2, 0.25) is 5.02 Å². The summed E-state index contributed by atoms with van der Waals surface area (Å²) >= 11 is 6.04. The quantitative estimate of drug-likeness (QED) is 0.544. The van der Waals surface area contributed by atoms with Crippen LogP contribution in [0.5, 0.6) is 5.75 Å². The van der Waals surface area contributed by atoms with Crippen LogP contribution in [-0.2, 0) is 4.79 Å². The van der Waals surface area contributed by atoms with Crippen molar-refractivity contribution in [1.29, 1.82) is 0 Å². The van der Waals surface area contributed by atoms with E-state index in [4.69, 9.17) is 21.4 Å². The van der Waals surface area contributed by atoms with E-state index in [-0.39, 0.29) is 22.2 Å². The van der Waals surface area contributed by atoms with E-state index in [1.54, 1.807) is 18.2 Å². The average molecular weight is 440 g/mol. The topological polar surface area (TPSA) is 101 Å². The van der Waals surface area contributed by atoms with Gasteiger partial charge in [0.15, 0.2) is 0 Å². The summed E-state index contributed by atoms with van der Waals surface area (Å²) in [5.74, 6) is -2.56. The summed E-state index contributed by atoms with van der Waals surface area (Å²) in [6, 6.07) is 13.9. The zero-order valence-electron chi connectivity index (χ0n) is 15.8. The molecule has 0 spiro atoms. The Morgan fingerprint density at radius 1 is 1.13 bits per heavy atom. The Labute approximate surface area is 181 Å². The predicted octanol–water partition coefficient (Wildman–Crippen LogP) is 4.43. The lowest BCUT2D eigenvalue weighted by Gasteiger charge is -2.35. The molecule has 1 aliphatic rings. The van der Waals surface area contributed by atoms with Crippen molar-refractivity contribution in [2.24, 2.45) is 0 Å². The fraction of sp³-hybridized carbons (Fsp3) is 0.0455. The summed E-state index contributed by atoms with van der Waals surface area (Å²) in [5.41, 5.74) is -0.242. The smallest absolute Gasteiger partial charge is 0.354 e. The van der Waals surface area contributed by atoms with Crippen LogP contribution in [0.1, 0.15) is 16.1 Å². The highest BCUT2D eigenvalue weighted by Gasteiger charge is 2.41. The molecule has 0 saturated heterocycles. The number of rotatable bonds is 5. The fourth-order valence-corrected chi connectivity index (χ4v) is 3.16. The van der Waals surface area contributed by atoms with Gasteiger partial charge in [-0.25, -0.2) is 14.2 Å². The van der Waals surface area contributed by atoms with Crippen molar-refractivity contribution >= 4 is 40.9 Å². The van der Waals surface area contributed by atoms with E-state index in [2.05, 4.69) is 15.6 Å². The molecule has 1 amide bonds. The van der Waals surface area contributed by atoms with Gasteiger partial charge in [-0.2, -0.15) is 0 Å². The predicted molar refractivity (Wildman–Crippen MR) is 114 cm³/mol. The van der Waals surface area contributed by atoms with Crippen molar-refractivity contribution in [1.82, 2.24) is 4.98 Å². The van der Waals surface area contributed by atoms with Crippen LogP contribution in [0, 0.1) is 5.82 Å². The lowest BCUT2D eigenvalue weighted by Crippen LogP contribution is -2.54. The van der Waals surface area contributed by atoms with Crippen LogP contribution < -0.4 is 15.4 Å². The Morgan fingerprint density at radius 3 is 2.68 bits per heavy atom. The third kappa shape index (κ3) is 4.06. The van der Waals surface area contributed by atoms with Gasteiger partial charge in [-0.1, -0.05) is 41.9 Å². The number of benzene rings is 2. The molecule has 1 aliphatic heterocycles. The van der Waals surface area contributed by atoms with E-state index in [1.165, 1.54) is 42.6 Å². The highest BCUT2D eigenvalue weighted by Crippen LogP contribution is 2.35. The van der Waals surface area contributed by atoms with Gasteiger partial charge in [0, 0.05) is 5.69 Å². The van der Waals surface area contributed by atoms with Crippen LogP contribution >= 0.6 is 11.6 Å². The molecule has 1 unspecified atom stereocenters. The molecule has 9 heteroatoms. The number of ether oxygens (including phenoxy) is 1. The van der Waals surface area contributed by atoms with E-state index >= 15 is 0 Å². The van der Waals surface area contributed by atoms with Crippen LogP contribution in [0.25, 0.3) is 6.08 Å². The average Bonchev–Trinajstić information content (AvgIpc) is 2.77. The number of halogens is 2. The summed E-state index contributed by atoms with van der Waals surface area (Å²) in [5, 5.41) is 14.4. The second kappa shape index (κ2) is 8.08. The Hall–Kier alpha value is -3.91. The second-order valence-electron chi connectivity index (χ2n) is 6.63. The van der Waals surface area contributed by atoms with Crippen molar-refractivity contribution in [2.75, 3.05) is 10.6 Å². The molecule has 3 N–H and O–H groups in total. The maximum Gasteiger partial charge on any atom is 0.354 e. The number of para-hydroxylation sites is 1. The van der Waals surface area contributed by atoms with Crippen molar-refractivity contribution in [3.05, 3.63) is 89.0 Å². The number of carbonyl (C=O) groups is 2. The monoisotopic (exact) mass is 439 g/mol. The molecular formula is C22H15ClFN3O4. The van der Waals surface area contributed by atoms with Gasteiger partial charge >= 0.3 is 5.97 Å². The molecule has 7 nitrogen and oxygen atoms in total. The number of hydrogen-bond donors (Lipinski definition) is 3. The van der Waals surface area contributed by atoms with Crippen LogP contribution in [-0.4, -0.2) is 27.7 Å².